The standard InChI is InChI=1S/C15H26N2O2S/c1-5-20(18,19)14-9-7-6-8-13(14)17-11-12(16)10-15(2,3)4/h6-9,12,17H,5,10-11,16H2,1-4H3. The zero-order valence-electron chi connectivity index (χ0n) is 12.8. The SMILES string of the molecule is CCS(=O)(=O)c1ccccc1NCC(N)CC(C)(C)C. The van der Waals surface area contributed by atoms with Gasteiger partial charge in [0.2, 0.25) is 0 Å². The van der Waals surface area contributed by atoms with Crippen LogP contribution in [0.15, 0.2) is 29.2 Å². The molecule has 0 aliphatic heterocycles. The fourth-order valence-electron chi connectivity index (χ4n) is 2.14. The Labute approximate surface area is 122 Å². The maximum Gasteiger partial charge on any atom is 0.180 e. The van der Waals surface area contributed by atoms with E-state index in [1.165, 1.54) is 0 Å². The summed E-state index contributed by atoms with van der Waals surface area (Å²) in [7, 11) is -3.22. The lowest BCUT2D eigenvalue weighted by atomic mass is 9.88. The number of anilines is 1. The molecule has 0 amide bonds. The van der Waals surface area contributed by atoms with Gasteiger partial charge in [-0.05, 0) is 24.0 Å². The minimum absolute atomic E-state index is 0.00705. The average molecular weight is 298 g/mol. The molecular weight excluding hydrogens is 272 g/mol. The van der Waals surface area contributed by atoms with Gasteiger partial charge in [0.05, 0.1) is 16.3 Å². The number of hydrogen-bond acceptors (Lipinski definition) is 4. The number of sulfone groups is 1. The minimum atomic E-state index is -3.22. The Hall–Kier alpha value is -1.07. The molecule has 0 radical (unpaired) electrons. The maximum atomic E-state index is 12.0. The molecule has 0 spiro atoms. The molecule has 0 bridgehead atoms. The molecule has 20 heavy (non-hydrogen) atoms. The van der Waals surface area contributed by atoms with E-state index in [1.54, 1.807) is 25.1 Å². The van der Waals surface area contributed by atoms with Crippen molar-refractivity contribution >= 4 is 15.5 Å². The molecule has 0 fully saturated rings. The molecule has 0 saturated carbocycles. The highest BCUT2D eigenvalue weighted by molar-refractivity contribution is 7.91. The van der Waals surface area contributed by atoms with Crippen molar-refractivity contribution in [3.05, 3.63) is 24.3 Å². The van der Waals surface area contributed by atoms with Crippen molar-refractivity contribution in [2.45, 2.75) is 45.1 Å². The van der Waals surface area contributed by atoms with E-state index in [4.69, 9.17) is 5.73 Å². The Kier molecular flexibility index (Phi) is 5.59. The molecule has 0 aliphatic rings. The second-order valence-electron chi connectivity index (χ2n) is 6.31. The second kappa shape index (κ2) is 6.59. The fraction of sp³-hybridized carbons (Fsp3) is 0.600. The van der Waals surface area contributed by atoms with E-state index in [0.29, 0.717) is 17.1 Å². The van der Waals surface area contributed by atoms with Crippen LogP contribution in [-0.4, -0.2) is 26.8 Å². The van der Waals surface area contributed by atoms with Crippen LogP contribution >= 0.6 is 0 Å². The van der Waals surface area contributed by atoms with E-state index in [0.717, 1.165) is 6.42 Å². The molecular formula is C15H26N2O2S. The second-order valence-corrected chi connectivity index (χ2v) is 8.55. The van der Waals surface area contributed by atoms with Gasteiger partial charge < -0.3 is 11.1 Å². The monoisotopic (exact) mass is 298 g/mol. The lowest BCUT2D eigenvalue weighted by Gasteiger charge is -2.24. The van der Waals surface area contributed by atoms with Crippen LogP contribution in [0.3, 0.4) is 0 Å². The molecule has 1 atom stereocenters. The Morgan fingerprint density at radius 2 is 1.85 bits per heavy atom. The van der Waals surface area contributed by atoms with Crippen molar-refractivity contribution in [2.24, 2.45) is 11.1 Å². The van der Waals surface area contributed by atoms with Crippen LogP contribution in [-0.2, 0) is 9.84 Å². The number of nitrogens with one attached hydrogen (secondary N) is 1. The van der Waals surface area contributed by atoms with Crippen molar-refractivity contribution in [1.29, 1.82) is 0 Å². The first-order valence-electron chi connectivity index (χ1n) is 6.97. The molecule has 0 saturated heterocycles. The van der Waals surface area contributed by atoms with Crippen molar-refractivity contribution in [3.8, 4) is 0 Å². The molecule has 1 unspecified atom stereocenters. The molecule has 114 valence electrons. The lowest BCUT2D eigenvalue weighted by molar-refractivity contribution is 0.344. The highest BCUT2D eigenvalue weighted by atomic mass is 32.2. The van der Waals surface area contributed by atoms with Crippen molar-refractivity contribution in [2.75, 3.05) is 17.6 Å². The van der Waals surface area contributed by atoms with Gasteiger partial charge in [-0.3, -0.25) is 0 Å². The number of rotatable bonds is 6. The lowest BCUT2D eigenvalue weighted by Crippen LogP contribution is -2.33. The van der Waals surface area contributed by atoms with E-state index in [1.807, 2.05) is 6.07 Å². The summed E-state index contributed by atoms with van der Waals surface area (Å²) in [5, 5.41) is 3.17. The van der Waals surface area contributed by atoms with Gasteiger partial charge in [0, 0.05) is 12.6 Å². The van der Waals surface area contributed by atoms with Crippen molar-refractivity contribution < 1.29 is 8.42 Å². The molecule has 1 aromatic carbocycles. The molecule has 0 heterocycles. The number of hydrogen-bond donors (Lipinski definition) is 2. The van der Waals surface area contributed by atoms with Crippen LogP contribution in [0, 0.1) is 5.41 Å². The summed E-state index contributed by atoms with van der Waals surface area (Å²) >= 11 is 0. The summed E-state index contributed by atoms with van der Waals surface area (Å²) in [4.78, 5) is 0.352. The van der Waals surface area contributed by atoms with E-state index in [9.17, 15) is 8.42 Å². The molecule has 1 aromatic rings. The van der Waals surface area contributed by atoms with Crippen LogP contribution in [0.4, 0.5) is 5.69 Å². The van der Waals surface area contributed by atoms with Gasteiger partial charge in [-0.15, -0.1) is 0 Å². The highest BCUT2D eigenvalue weighted by Crippen LogP contribution is 2.23. The van der Waals surface area contributed by atoms with Gasteiger partial charge in [0.15, 0.2) is 9.84 Å². The maximum absolute atomic E-state index is 12.0. The largest absolute Gasteiger partial charge is 0.382 e. The molecule has 5 heteroatoms. The number of benzene rings is 1. The smallest absolute Gasteiger partial charge is 0.180 e. The van der Waals surface area contributed by atoms with E-state index < -0.39 is 9.84 Å². The highest BCUT2D eigenvalue weighted by Gasteiger charge is 2.18. The van der Waals surface area contributed by atoms with Gasteiger partial charge in [-0.2, -0.15) is 0 Å². The zero-order chi connectivity index (χ0) is 15.4. The molecule has 0 aliphatic carbocycles. The van der Waals surface area contributed by atoms with Crippen LogP contribution in [0.1, 0.15) is 34.1 Å². The number of para-hydroxylation sites is 1. The third-order valence-electron chi connectivity index (χ3n) is 3.03. The Morgan fingerprint density at radius 3 is 2.40 bits per heavy atom. The summed E-state index contributed by atoms with van der Waals surface area (Å²) in [6.07, 6.45) is 0.878. The van der Waals surface area contributed by atoms with Gasteiger partial charge >= 0.3 is 0 Å². The van der Waals surface area contributed by atoms with Gasteiger partial charge in [-0.25, -0.2) is 8.42 Å². The van der Waals surface area contributed by atoms with E-state index >= 15 is 0 Å². The topological polar surface area (TPSA) is 72.2 Å². The third-order valence-corrected chi connectivity index (χ3v) is 4.82. The molecule has 3 N–H and O–H groups in total. The zero-order valence-corrected chi connectivity index (χ0v) is 13.6. The molecule has 0 aromatic heterocycles. The first-order chi connectivity index (χ1) is 9.15. The first-order valence-corrected chi connectivity index (χ1v) is 8.62. The van der Waals surface area contributed by atoms with Gasteiger partial charge in [-0.1, -0.05) is 39.8 Å². The Morgan fingerprint density at radius 1 is 1.25 bits per heavy atom. The predicted molar refractivity (Wildman–Crippen MR) is 84.7 cm³/mol. The Bertz CT molecular complexity index is 533. The van der Waals surface area contributed by atoms with Gasteiger partial charge in [0.25, 0.3) is 0 Å². The summed E-state index contributed by atoms with van der Waals surface area (Å²) in [6, 6.07) is 6.98. The van der Waals surface area contributed by atoms with Crippen LogP contribution < -0.4 is 11.1 Å². The first kappa shape index (κ1) is 17.0. The third kappa shape index (κ3) is 5.13. The normalized spacial score (nSPS) is 14.1. The predicted octanol–water partition coefficient (Wildman–Crippen LogP) is 2.66. The van der Waals surface area contributed by atoms with Crippen molar-refractivity contribution in [1.82, 2.24) is 0 Å². The number of nitrogens with two attached hydrogens (primary N) is 1. The van der Waals surface area contributed by atoms with Crippen molar-refractivity contribution in [3.63, 3.8) is 0 Å². The fourth-order valence-corrected chi connectivity index (χ4v) is 3.21. The van der Waals surface area contributed by atoms with E-state index in [2.05, 4.69) is 26.1 Å². The van der Waals surface area contributed by atoms with Crippen LogP contribution in [0.25, 0.3) is 0 Å². The molecule has 1 rings (SSSR count). The summed E-state index contributed by atoms with van der Waals surface area (Å²) < 4.78 is 24.0. The quantitative estimate of drug-likeness (QED) is 0.847. The summed E-state index contributed by atoms with van der Waals surface area (Å²) in [5.41, 5.74) is 6.89. The minimum Gasteiger partial charge on any atom is -0.382 e. The van der Waals surface area contributed by atoms with Crippen LogP contribution in [0.2, 0.25) is 0 Å². The summed E-state index contributed by atoms with van der Waals surface area (Å²) in [5.74, 6) is 0.0970. The molecule has 4 nitrogen and oxygen atoms in total. The average Bonchev–Trinajstić information content (AvgIpc) is 2.34. The Balaban J connectivity index is 2.80. The van der Waals surface area contributed by atoms with Gasteiger partial charge in [0.1, 0.15) is 0 Å². The van der Waals surface area contributed by atoms with Crippen LogP contribution in [0.5, 0.6) is 0 Å². The van der Waals surface area contributed by atoms with E-state index in [-0.39, 0.29) is 17.2 Å². The summed E-state index contributed by atoms with van der Waals surface area (Å²) in [6.45, 7) is 8.64.